The molecular weight excluding hydrogens is 330 g/mol. The molecule has 1 aromatic heterocycles. The number of fused-ring (bicyclic) bond motifs is 1. The number of carbonyl (C=O) groups is 1. The Balaban J connectivity index is 1.90. The monoisotopic (exact) mass is 343 g/mol. The van der Waals surface area contributed by atoms with E-state index in [1.54, 1.807) is 32.2 Å². The smallest absolute Gasteiger partial charge is 0.273 e. The summed E-state index contributed by atoms with van der Waals surface area (Å²) in [5.74, 6) is 0.278. The summed E-state index contributed by atoms with van der Waals surface area (Å²) in [6, 6.07) is 9.84. The molecule has 0 aliphatic carbocycles. The van der Waals surface area contributed by atoms with Gasteiger partial charge < -0.3 is 4.74 Å². The van der Waals surface area contributed by atoms with Crippen molar-refractivity contribution < 1.29 is 14.5 Å². The van der Waals surface area contributed by atoms with Gasteiger partial charge in [-0.15, -0.1) is 0 Å². The zero-order valence-electron chi connectivity index (χ0n) is 12.9. The molecule has 0 aliphatic rings. The molecule has 0 bridgehead atoms. The number of hydrogen-bond donors (Lipinski definition) is 1. The van der Waals surface area contributed by atoms with Crippen LogP contribution in [0.4, 0.5) is 10.8 Å². The molecule has 0 fully saturated rings. The highest BCUT2D eigenvalue weighted by molar-refractivity contribution is 7.22. The maximum Gasteiger partial charge on any atom is 0.273 e. The predicted octanol–water partition coefficient (Wildman–Crippen LogP) is 3.77. The van der Waals surface area contributed by atoms with Gasteiger partial charge in [-0.05, 0) is 31.2 Å². The number of anilines is 1. The Kier molecular flexibility index (Phi) is 4.13. The molecule has 8 heteroatoms. The van der Waals surface area contributed by atoms with Crippen molar-refractivity contribution in [2.75, 3.05) is 12.4 Å². The lowest BCUT2D eigenvalue weighted by Gasteiger charge is -2.05. The van der Waals surface area contributed by atoms with Crippen LogP contribution >= 0.6 is 11.3 Å². The van der Waals surface area contributed by atoms with Crippen LogP contribution in [-0.2, 0) is 0 Å². The predicted molar refractivity (Wildman–Crippen MR) is 92.0 cm³/mol. The molecule has 1 N–H and O–H groups in total. The van der Waals surface area contributed by atoms with Gasteiger partial charge in [0.2, 0.25) is 0 Å². The van der Waals surface area contributed by atoms with Crippen LogP contribution in [0, 0.1) is 17.0 Å². The van der Waals surface area contributed by atoms with E-state index in [9.17, 15) is 14.9 Å². The second-order valence-electron chi connectivity index (χ2n) is 5.01. The zero-order chi connectivity index (χ0) is 17.3. The normalized spacial score (nSPS) is 10.6. The summed E-state index contributed by atoms with van der Waals surface area (Å²) in [6.45, 7) is 1.55. The highest BCUT2D eigenvalue weighted by atomic mass is 32.1. The molecule has 7 nitrogen and oxygen atoms in total. The van der Waals surface area contributed by atoms with Crippen molar-refractivity contribution in [1.29, 1.82) is 0 Å². The van der Waals surface area contributed by atoms with Crippen molar-refractivity contribution in [3.63, 3.8) is 0 Å². The van der Waals surface area contributed by atoms with E-state index in [2.05, 4.69) is 10.3 Å². The molecule has 0 aliphatic heterocycles. The number of thiazole rings is 1. The lowest BCUT2D eigenvalue weighted by molar-refractivity contribution is -0.385. The molecule has 2 aromatic carbocycles. The van der Waals surface area contributed by atoms with Crippen molar-refractivity contribution in [1.82, 2.24) is 4.98 Å². The molecule has 0 atom stereocenters. The third-order valence-electron chi connectivity index (χ3n) is 3.56. The molecule has 3 aromatic rings. The number of rotatable bonds is 4. The van der Waals surface area contributed by atoms with Crippen molar-refractivity contribution in [2.24, 2.45) is 0 Å². The van der Waals surface area contributed by atoms with Crippen LogP contribution in [0.2, 0.25) is 0 Å². The average Bonchev–Trinajstić information content (AvgIpc) is 2.95. The van der Waals surface area contributed by atoms with Crippen molar-refractivity contribution in [3.05, 3.63) is 57.6 Å². The fourth-order valence-electron chi connectivity index (χ4n) is 2.32. The highest BCUT2D eigenvalue weighted by Crippen LogP contribution is 2.30. The van der Waals surface area contributed by atoms with Gasteiger partial charge in [-0.25, -0.2) is 4.98 Å². The molecule has 0 unspecified atom stereocenters. The minimum absolute atomic E-state index is 0.0864. The second-order valence-corrected chi connectivity index (χ2v) is 6.04. The maximum absolute atomic E-state index is 12.4. The van der Waals surface area contributed by atoms with Gasteiger partial charge in [0.15, 0.2) is 5.13 Å². The molecule has 1 heterocycles. The van der Waals surface area contributed by atoms with Crippen LogP contribution in [0.3, 0.4) is 0 Å². The van der Waals surface area contributed by atoms with Gasteiger partial charge in [-0.3, -0.25) is 20.2 Å². The maximum atomic E-state index is 12.4. The molecule has 24 heavy (non-hydrogen) atoms. The first kappa shape index (κ1) is 15.9. The summed E-state index contributed by atoms with van der Waals surface area (Å²) in [5.41, 5.74) is 1.23. The lowest BCUT2D eigenvalue weighted by Crippen LogP contribution is -2.13. The number of amides is 1. The first-order valence-electron chi connectivity index (χ1n) is 6.99. The van der Waals surface area contributed by atoms with Crippen LogP contribution in [0.1, 0.15) is 15.9 Å². The van der Waals surface area contributed by atoms with Gasteiger partial charge in [-0.2, -0.15) is 0 Å². The van der Waals surface area contributed by atoms with Crippen molar-refractivity contribution in [2.45, 2.75) is 6.92 Å². The Morgan fingerprint density at radius 3 is 2.83 bits per heavy atom. The van der Waals surface area contributed by atoms with Gasteiger partial charge in [0.05, 0.1) is 22.2 Å². The summed E-state index contributed by atoms with van der Waals surface area (Å²) < 4.78 is 6.04. The first-order valence-corrected chi connectivity index (χ1v) is 7.81. The van der Waals surface area contributed by atoms with E-state index in [-0.39, 0.29) is 11.3 Å². The number of benzene rings is 2. The molecule has 122 valence electrons. The quantitative estimate of drug-likeness (QED) is 0.575. The van der Waals surface area contributed by atoms with Crippen LogP contribution in [0.25, 0.3) is 10.2 Å². The Labute approximate surface area is 141 Å². The highest BCUT2D eigenvalue weighted by Gasteiger charge is 2.19. The standard InChI is InChI=1S/C16H13N3O4S/c1-9-11(4-3-5-13(9)19(21)22)15(20)18-16-17-12-7-6-10(23-2)8-14(12)24-16/h3-8H,1-2H3,(H,17,18,20). The van der Waals surface area contributed by atoms with E-state index in [1.807, 2.05) is 6.07 Å². The summed E-state index contributed by atoms with van der Waals surface area (Å²) in [6.07, 6.45) is 0. The van der Waals surface area contributed by atoms with Gasteiger partial charge in [0, 0.05) is 17.2 Å². The van der Waals surface area contributed by atoms with E-state index in [0.29, 0.717) is 16.4 Å². The number of nitrogens with one attached hydrogen (secondary N) is 1. The Morgan fingerprint density at radius 1 is 1.33 bits per heavy atom. The second kappa shape index (κ2) is 6.25. The Hall–Kier alpha value is -3.00. The fraction of sp³-hybridized carbons (Fsp3) is 0.125. The number of nitro benzene ring substituents is 1. The molecule has 0 saturated heterocycles. The molecule has 0 saturated carbocycles. The number of aromatic nitrogens is 1. The van der Waals surface area contributed by atoms with Gasteiger partial charge in [-0.1, -0.05) is 17.4 Å². The van der Waals surface area contributed by atoms with Gasteiger partial charge in [0.25, 0.3) is 11.6 Å². The summed E-state index contributed by atoms with van der Waals surface area (Å²) in [7, 11) is 1.58. The van der Waals surface area contributed by atoms with Crippen LogP contribution < -0.4 is 10.1 Å². The van der Waals surface area contributed by atoms with Crippen molar-refractivity contribution >= 4 is 38.3 Å². The molecule has 1 amide bonds. The third-order valence-corrected chi connectivity index (χ3v) is 4.50. The number of hydrogen-bond acceptors (Lipinski definition) is 6. The van der Waals surface area contributed by atoms with Crippen LogP contribution in [0.15, 0.2) is 36.4 Å². The summed E-state index contributed by atoms with van der Waals surface area (Å²) in [4.78, 5) is 27.2. The van der Waals surface area contributed by atoms with E-state index >= 15 is 0 Å². The minimum Gasteiger partial charge on any atom is -0.497 e. The third kappa shape index (κ3) is 2.91. The first-order chi connectivity index (χ1) is 11.5. The summed E-state index contributed by atoms with van der Waals surface area (Å²) >= 11 is 1.31. The van der Waals surface area contributed by atoms with Crippen molar-refractivity contribution in [3.8, 4) is 5.75 Å². The number of nitro groups is 1. The van der Waals surface area contributed by atoms with E-state index in [0.717, 1.165) is 10.2 Å². The molecule has 0 spiro atoms. The minimum atomic E-state index is -0.504. The average molecular weight is 343 g/mol. The van der Waals surface area contributed by atoms with Gasteiger partial charge in [0.1, 0.15) is 5.75 Å². The van der Waals surface area contributed by atoms with E-state index in [4.69, 9.17) is 4.74 Å². The zero-order valence-corrected chi connectivity index (χ0v) is 13.7. The fourth-order valence-corrected chi connectivity index (χ4v) is 3.21. The molecule has 0 radical (unpaired) electrons. The van der Waals surface area contributed by atoms with Gasteiger partial charge >= 0.3 is 0 Å². The Bertz CT molecular complexity index is 952. The molecular formula is C16H13N3O4S. The van der Waals surface area contributed by atoms with E-state index < -0.39 is 10.8 Å². The topological polar surface area (TPSA) is 94.4 Å². The van der Waals surface area contributed by atoms with Crippen LogP contribution in [-0.4, -0.2) is 22.9 Å². The number of ether oxygens (including phenoxy) is 1. The number of nitrogens with zero attached hydrogens (tertiary/aromatic N) is 2. The largest absolute Gasteiger partial charge is 0.497 e. The Morgan fingerprint density at radius 2 is 2.12 bits per heavy atom. The lowest BCUT2D eigenvalue weighted by atomic mass is 10.1. The van der Waals surface area contributed by atoms with E-state index in [1.165, 1.54) is 23.5 Å². The molecule has 3 rings (SSSR count). The number of carbonyl (C=O) groups excluding carboxylic acids is 1. The summed E-state index contributed by atoms with van der Waals surface area (Å²) in [5, 5.41) is 14.1. The van der Waals surface area contributed by atoms with Crippen LogP contribution in [0.5, 0.6) is 5.75 Å². The SMILES string of the molecule is COc1ccc2nc(NC(=O)c3cccc([N+](=O)[O-])c3C)sc2c1. The number of methoxy groups -OCH3 is 1.